The zero-order valence-electron chi connectivity index (χ0n) is 10.4. The molecule has 0 saturated heterocycles. The third-order valence-electron chi connectivity index (χ3n) is 2.73. The van der Waals surface area contributed by atoms with E-state index < -0.39 is 0 Å². The number of carbonyl (C=O) groups excluding carboxylic acids is 1. The first-order valence-electron chi connectivity index (χ1n) is 5.81. The summed E-state index contributed by atoms with van der Waals surface area (Å²) >= 11 is 5.89. The SMILES string of the molecule is C[NH+]([O-])c1ccc(Cl)cc1C(=O)Cc1ccccn1. The molecule has 1 atom stereocenters. The van der Waals surface area contributed by atoms with Gasteiger partial charge in [0.25, 0.3) is 0 Å². The molecular formula is C14H13ClN2O2. The van der Waals surface area contributed by atoms with Crippen LogP contribution in [0.25, 0.3) is 0 Å². The number of hydrogen-bond donors (Lipinski definition) is 1. The van der Waals surface area contributed by atoms with Crippen LogP contribution in [0.3, 0.4) is 0 Å². The van der Waals surface area contributed by atoms with E-state index in [1.165, 1.54) is 13.1 Å². The van der Waals surface area contributed by atoms with Crippen LogP contribution in [0.5, 0.6) is 0 Å². The fraction of sp³-hybridized carbons (Fsp3) is 0.143. The molecule has 1 N–H and O–H groups in total. The zero-order chi connectivity index (χ0) is 13.8. The predicted octanol–water partition coefficient (Wildman–Crippen LogP) is 1.80. The van der Waals surface area contributed by atoms with E-state index in [9.17, 15) is 10.0 Å². The normalized spacial score (nSPS) is 12.2. The second-order valence-corrected chi connectivity index (χ2v) is 4.60. The van der Waals surface area contributed by atoms with E-state index in [0.717, 1.165) is 0 Å². The number of ketones is 1. The van der Waals surface area contributed by atoms with Gasteiger partial charge in [0.05, 0.1) is 19.0 Å². The van der Waals surface area contributed by atoms with Crippen LogP contribution in [0, 0.1) is 5.21 Å². The number of nitrogens with zero attached hydrogens (tertiary/aromatic N) is 1. The van der Waals surface area contributed by atoms with Crippen LogP contribution >= 0.6 is 11.6 Å². The fourth-order valence-corrected chi connectivity index (χ4v) is 1.99. The number of halogens is 1. The third kappa shape index (κ3) is 3.38. The summed E-state index contributed by atoms with van der Waals surface area (Å²) in [5.41, 5.74) is 1.41. The molecule has 1 heterocycles. The number of pyridine rings is 1. The highest BCUT2D eigenvalue weighted by Crippen LogP contribution is 2.19. The first-order chi connectivity index (χ1) is 9.08. The van der Waals surface area contributed by atoms with Gasteiger partial charge in [-0.1, -0.05) is 17.7 Å². The second kappa shape index (κ2) is 5.93. The Hall–Kier alpha value is -1.75. The van der Waals surface area contributed by atoms with Crippen LogP contribution in [-0.2, 0) is 6.42 Å². The molecule has 0 fully saturated rings. The summed E-state index contributed by atoms with van der Waals surface area (Å²) in [6.07, 6.45) is 1.79. The Labute approximate surface area is 116 Å². The van der Waals surface area contributed by atoms with Gasteiger partial charge in [-0.2, -0.15) is 0 Å². The predicted molar refractivity (Wildman–Crippen MR) is 73.6 cm³/mol. The molecule has 0 saturated carbocycles. The van der Waals surface area contributed by atoms with Crippen molar-refractivity contribution in [2.24, 2.45) is 0 Å². The molecule has 4 nitrogen and oxygen atoms in total. The van der Waals surface area contributed by atoms with Crippen molar-refractivity contribution in [2.75, 3.05) is 7.05 Å². The maximum atomic E-state index is 12.2. The Bertz CT molecular complexity index is 585. The molecule has 1 aromatic heterocycles. The number of benzene rings is 1. The topological polar surface area (TPSA) is 57.5 Å². The minimum Gasteiger partial charge on any atom is -0.629 e. The van der Waals surface area contributed by atoms with E-state index in [4.69, 9.17) is 11.6 Å². The van der Waals surface area contributed by atoms with E-state index in [0.29, 0.717) is 22.0 Å². The molecule has 5 heteroatoms. The average molecular weight is 277 g/mol. The van der Waals surface area contributed by atoms with Gasteiger partial charge in [-0.25, -0.2) is 0 Å². The van der Waals surface area contributed by atoms with Crippen LogP contribution in [0.15, 0.2) is 42.6 Å². The lowest BCUT2D eigenvalue weighted by molar-refractivity contribution is -0.751. The van der Waals surface area contributed by atoms with Gasteiger partial charge in [-0.15, -0.1) is 0 Å². The number of Topliss-reactive ketones (excluding diaryl/α,β-unsaturated/α-hetero) is 1. The highest BCUT2D eigenvalue weighted by Gasteiger charge is 2.16. The Balaban J connectivity index is 2.30. The molecule has 1 aromatic carbocycles. The third-order valence-corrected chi connectivity index (χ3v) is 2.96. The molecule has 1 unspecified atom stereocenters. The fourth-order valence-electron chi connectivity index (χ4n) is 1.82. The highest BCUT2D eigenvalue weighted by molar-refractivity contribution is 6.31. The van der Waals surface area contributed by atoms with Gasteiger partial charge in [0.15, 0.2) is 5.78 Å². The van der Waals surface area contributed by atoms with E-state index in [1.54, 1.807) is 30.5 Å². The minimum atomic E-state index is -0.161. The van der Waals surface area contributed by atoms with Crippen LogP contribution in [-0.4, -0.2) is 17.8 Å². The van der Waals surface area contributed by atoms with Gasteiger partial charge < -0.3 is 10.3 Å². The van der Waals surface area contributed by atoms with E-state index in [1.807, 2.05) is 6.07 Å². The van der Waals surface area contributed by atoms with E-state index >= 15 is 0 Å². The molecule has 2 aromatic rings. The van der Waals surface area contributed by atoms with Gasteiger partial charge in [0, 0.05) is 23.0 Å². The van der Waals surface area contributed by atoms with Crippen LogP contribution in [0.4, 0.5) is 5.69 Å². The smallest absolute Gasteiger partial charge is 0.174 e. The number of carbonyl (C=O) groups is 1. The zero-order valence-corrected chi connectivity index (χ0v) is 11.1. The maximum Gasteiger partial charge on any atom is 0.174 e. The number of quaternary nitrogens is 1. The molecule has 0 radical (unpaired) electrons. The number of hydrogen-bond acceptors (Lipinski definition) is 3. The highest BCUT2D eigenvalue weighted by atomic mass is 35.5. The van der Waals surface area contributed by atoms with Crippen LogP contribution < -0.4 is 5.06 Å². The molecule has 0 aliphatic heterocycles. The molecule has 19 heavy (non-hydrogen) atoms. The van der Waals surface area contributed by atoms with E-state index in [2.05, 4.69) is 4.98 Å². The van der Waals surface area contributed by atoms with Crippen molar-refractivity contribution in [1.82, 2.24) is 4.98 Å². The average Bonchev–Trinajstić information content (AvgIpc) is 2.39. The summed E-state index contributed by atoms with van der Waals surface area (Å²) in [5, 5.41) is 11.8. The number of aromatic nitrogens is 1. The van der Waals surface area contributed by atoms with Crippen molar-refractivity contribution in [2.45, 2.75) is 6.42 Å². The van der Waals surface area contributed by atoms with Crippen molar-refractivity contribution in [3.63, 3.8) is 0 Å². The Kier molecular flexibility index (Phi) is 4.27. The first-order valence-corrected chi connectivity index (χ1v) is 6.19. The van der Waals surface area contributed by atoms with Gasteiger partial charge in [0.2, 0.25) is 0 Å². The maximum absolute atomic E-state index is 12.2. The van der Waals surface area contributed by atoms with Crippen molar-refractivity contribution >= 4 is 23.1 Å². The molecule has 2 rings (SSSR count). The number of nitrogens with one attached hydrogen (secondary N) is 1. The Morgan fingerprint density at radius 2 is 2.16 bits per heavy atom. The first kappa shape index (κ1) is 13.7. The van der Waals surface area contributed by atoms with E-state index in [-0.39, 0.29) is 17.3 Å². The molecule has 0 spiro atoms. The number of rotatable bonds is 4. The van der Waals surface area contributed by atoms with Crippen molar-refractivity contribution in [3.8, 4) is 0 Å². The minimum absolute atomic E-state index is 0.152. The standard InChI is InChI=1S/C14H13ClN2O2/c1-17(19)13-6-5-10(15)8-12(13)14(18)9-11-4-2-3-7-16-11/h2-8,17H,9H2,1H3. The lowest BCUT2D eigenvalue weighted by Crippen LogP contribution is -2.98. The molecule has 0 bridgehead atoms. The second-order valence-electron chi connectivity index (χ2n) is 4.17. The van der Waals surface area contributed by atoms with Gasteiger partial charge in [-0.3, -0.25) is 9.78 Å². The Morgan fingerprint density at radius 3 is 2.79 bits per heavy atom. The van der Waals surface area contributed by atoms with Gasteiger partial charge in [0.1, 0.15) is 5.69 Å². The summed E-state index contributed by atoms with van der Waals surface area (Å²) < 4.78 is 0. The summed E-state index contributed by atoms with van der Waals surface area (Å²) in [7, 11) is 1.43. The summed E-state index contributed by atoms with van der Waals surface area (Å²) in [6, 6.07) is 10.1. The molecule has 0 aliphatic carbocycles. The Morgan fingerprint density at radius 1 is 1.37 bits per heavy atom. The summed E-state index contributed by atoms with van der Waals surface area (Å²) in [5.74, 6) is -0.161. The molecular weight excluding hydrogens is 264 g/mol. The van der Waals surface area contributed by atoms with Gasteiger partial charge >= 0.3 is 0 Å². The summed E-state index contributed by atoms with van der Waals surface area (Å²) in [6.45, 7) is 0. The molecule has 0 amide bonds. The largest absolute Gasteiger partial charge is 0.629 e. The lowest BCUT2D eigenvalue weighted by atomic mass is 10.0. The van der Waals surface area contributed by atoms with Crippen molar-refractivity contribution in [3.05, 3.63) is 64.1 Å². The van der Waals surface area contributed by atoms with Crippen LogP contribution in [0.2, 0.25) is 5.02 Å². The van der Waals surface area contributed by atoms with Crippen LogP contribution in [0.1, 0.15) is 16.1 Å². The quantitative estimate of drug-likeness (QED) is 0.684. The number of hydroxylamine groups is 1. The lowest BCUT2D eigenvalue weighted by Gasteiger charge is -2.18. The summed E-state index contributed by atoms with van der Waals surface area (Å²) in [4.78, 5) is 16.3. The van der Waals surface area contributed by atoms with Crippen molar-refractivity contribution in [1.29, 1.82) is 0 Å². The van der Waals surface area contributed by atoms with Gasteiger partial charge in [-0.05, 0) is 24.3 Å². The van der Waals surface area contributed by atoms with Crippen molar-refractivity contribution < 1.29 is 9.86 Å². The monoisotopic (exact) mass is 276 g/mol. The molecule has 98 valence electrons. The molecule has 0 aliphatic rings.